The van der Waals surface area contributed by atoms with Crippen LogP contribution in [0.1, 0.15) is 11.1 Å². The highest BCUT2D eigenvalue weighted by molar-refractivity contribution is 5.90. The zero-order valence-electron chi connectivity index (χ0n) is 14.5. The van der Waals surface area contributed by atoms with Crippen LogP contribution in [0, 0.1) is 13.8 Å². The number of aromatic nitrogens is 6. The van der Waals surface area contributed by atoms with Crippen molar-refractivity contribution in [2.75, 3.05) is 0 Å². The number of fused-ring (bicyclic) bond motifs is 3. The van der Waals surface area contributed by atoms with Crippen LogP contribution in [0.2, 0.25) is 0 Å². The maximum absolute atomic E-state index is 4.64. The highest BCUT2D eigenvalue weighted by atomic mass is 15.3. The van der Waals surface area contributed by atoms with Crippen LogP contribution >= 0.6 is 0 Å². The average molecular weight is 340 g/mol. The largest absolute Gasteiger partial charge is 0.265 e. The van der Waals surface area contributed by atoms with E-state index in [-0.39, 0.29) is 0 Å². The first kappa shape index (κ1) is 14.8. The van der Waals surface area contributed by atoms with Gasteiger partial charge < -0.3 is 0 Å². The van der Waals surface area contributed by atoms with E-state index in [4.69, 9.17) is 0 Å². The molecule has 0 fully saturated rings. The minimum atomic E-state index is 0.756. The van der Waals surface area contributed by atoms with Crippen LogP contribution in [0.4, 0.5) is 0 Å². The van der Waals surface area contributed by atoms with Gasteiger partial charge in [0.15, 0.2) is 17.1 Å². The van der Waals surface area contributed by atoms with E-state index < -0.39 is 0 Å². The molecule has 0 aliphatic heterocycles. The average Bonchev–Trinajstić information content (AvgIpc) is 3.26. The van der Waals surface area contributed by atoms with Crippen LogP contribution in [0.15, 0.2) is 61.1 Å². The Bertz CT molecular complexity index is 1250. The number of hydrogen-bond acceptors (Lipinski definition) is 4. The second-order valence-electron chi connectivity index (χ2n) is 6.41. The summed E-state index contributed by atoms with van der Waals surface area (Å²) in [4.78, 5) is 4.64. The Hall–Kier alpha value is -3.54. The number of benzene rings is 2. The minimum Gasteiger partial charge on any atom is -0.265 e. The normalized spacial score (nSPS) is 11.5. The molecule has 0 atom stereocenters. The molecule has 0 bridgehead atoms. The molecule has 0 spiro atoms. The molecule has 2 aromatic carbocycles. The number of aryl methyl sites for hydroxylation is 2. The van der Waals surface area contributed by atoms with Gasteiger partial charge in [0.05, 0.1) is 17.3 Å². The van der Waals surface area contributed by atoms with Gasteiger partial charge in [-0.25, -0.2) is 9.67 Å². The van der Waals surface area contributed by atoms with Gasteiger partial charge in [0.1, 0.15) is 6.33 Å². The van der Waals surface area contributed by atoms with E-state index in [9.17, 15) is 0 Å². The van der Waals surface area contributed by atoms with Crippen molar-refractivity contribution in [3.63, 3.8) is 0 Å². The topological polar surface area (TPSA) is 60.9 Å². The smallest absolute Gasteiger partial charge is 0.175 e. The number of hydrogen-bond donors (Lipinski definition) is 0. The lowest BCUT2D eigenvalue weighted by Gasteiger charge is -2.05. The summed E-state index contributed by atoms with van der Waals surface area (Å²) in [5, 5.41) is 14.2. The molecule has 26 heavy (non-hydrogen) atoms. The van der Waals surface area contributed by atoms with Crippen molar-refractivity contribution in [2.45, 2.75) is 13.8 Å². The van der Waals surface area contributed by atoms with Crippen LogP contribution in [-0.4, -0.2) is 29.4 Å². The first-order valence-electron chi connectivity index (χ1n) is 8.43. The van der Waals surface area contributed by atoms with E-state index in [2.05, 4.69) is 52.3 Å². The van der Waals surface area contributed by atoms with Gasteiger partial charge in [-0.3, -0.25) is 4.40 Å². The first-order chi connectivity index (χ1) is 12.7. The van der Waals surface area contributed by atoms with Crippen LogP contribution < -0.4 is 0 Å². The summed E-state index contributed by atoms with van der Waals surface area (Å²) in [5.41, 5.74) is 5.91. The maximum atomic E-state index is 4.64. The van der Waals surface area contributed by atoms with Gasteiger partial charge in [0, 0.05) is 5.56 Å². The quantitative estimate of drug-likeness (QED) is 0.491. The standard InChI is InChI=1S/C20H16N6/c1-13-7-9-15(10-8-13)26-18-17(11-22-26)20-24-23-19(25(20)12-21-18)16-6-4-3-5-14(16)2/h3-12H,1-2H3. The molecule has 6 heteroatoms. The second-order valence-corrected chi connectivity index (χ2v) is 6.41. The Balaban J connectivity index is 1.73. The van der Waals surface area contributed by atoms with Crippen molar-refractivity contribution in [3.05, 3.63) is 72.2 Å². The third kappa shape index (κ3) is 2.12. The molecule has 0 saturated carbocycles. The van der Waals surface area contributed by atoms with Crippen LogP contribution in [0.25, 0.3) is 33.8 Å². The minimum absolute atomic E-state index is 0.756. The number of nitrogens with zero attached hydrogens (tertiary/aromatic N) is 6. The lowest BCUT2D eigenvalue weighted by Crippen LogP contribution is -1.99. The third-order valence-electron chi connectivity index (χ3n) is 4.64. The summed E-state index contributed by atoms with van der Waals surface area (Å²) in [5.74, 6) is 0.788. The van der Waals surface area contributed by atoms with Gasteiger partial charge in [0.25, 0.3) is 0 Å². The van der Waals surface area contributed by atoms with Crippen LogP contribution in [0.3, 0.4) is 0 Å². The van der Waals surface area contributed by atoms with E-state index in [0.29, 0.717) is 0 Å². The van der Waals surface area contributed by atoms with Crippen molar-refractivity contribution in [1.29, 1.82) is 0 Å². The molecule has 0 amide bonds. The zero-order valence-corrected chi connectivity index (χ0v) is 14.5. The fourth-order valence-electron chi connectivity index (χ4n) is 3.20. The highest BCUT2D eigenvalue weighted by Gasteiger charge is 2.16. The Morgan fingerprint density at radius 2 is 1.65 bits per heavy atom. The predicted molar refractivity (Wildman–Crippen MR) is 100 cm³/mol. The molecule has 0 unspecified atom stereocenters. The molecular formula is C20H16N6. The van der Waals surface area contributed by atoms with Crippen molar-refractivity contribution in [3.8, 4) is 17.1 Å². The Morgan fingerprint density at radius 1 is 0.846 bits per heavy atom. The SMILES string of the molecule is Cc1ccc(-n2ncc3c2ncn2c(-c4ccccc4C)nnc32)cc1. The fourth-order valence-corrected chi connectivity index (χ4v) is 3.20. The summed E-state index contributed by atoms with van der Waals surface area (Å²) in [6.45, 7) is 4.13. The molecule has 126 valence electrons. The van der Waals surface area contributed by atoms with Crippen LogP contribution in [-0.2, 0) is 0 Å². The second kappa shape index (κ2) is 5.49. The highest BCUT2D eigenvalue weighted by Crippen LogP contribution is 2.25. The zero-order chi connectivity index (χ0) is 17.7. The molecular weight excluding hydrogens is 324 g/mol. The van der Waals surface area contributed by atoms with E-state index in [1.807, 2.05) is 39.4 Å². The van der Waals surface area contributed by atoms with E-state index in [1.54, 1.807) is 12.5 Å². The Kier molecular flexibility index (Phi) is 3.12. The van der Waals surface area contributed by atoms with Crippen molar-refractivity contribution in [1.82, 2.24) is 29.4 Å². The molecule has 6 nitrogen and oxygen atoms in total. The molecule has 3 aromatic heterocycles. The molecule has 0 N–H and O–H groups in total. The van der Waals surface area contributed by atoms with Gasteiger partial charge in [-0.2, -0.15) is 5.10 Å². The number of rotatable bonds is 2. The summed E-state index contributed by atoms with van der Waals surface area (Å²) in [6.07, 6.45) is 3.57. The van der Waals surface area contributed by atoms with Gasteiger partial charge in [0.2, 0.25) is 0 Å². The molecule has 5 rings (SSSR count). The summed E-state index contributed by atoms with van der Waals surface area (Å²) < 4.78 is 3.75. The van der Waals surface area contributed by atoms with Gasteiger partial charge in [-0.15, -0.1) is 10.2 Å². The third-order valence-corrected chi connectivity index (χ3v) is 4.64. The lowest BCUT2D eigenvalue weighted by atomic mass is 10.1. The summed E-state index contributed by atoms with van der Waals surface area (Å²) in [6, 6.07) is 16.3. The van der Waals surface area contributed by atoms with Crippen molar-refractivity contribution >= 4 is 16.7 Å². The summed E-state index contributed by atoms with van der Waals surface area (Å²) >= 11 is 0. The van der Waals surface area contributed by atoms with Crippen LogP contribution in [0.5, 0.6) is 0 Å². The summed E-state index contributed by atoms with van der Waals surface area (Å²) in [7, 11) is 0. The molecule has 0 aliphatic rings. The van der Waals surface area contributed by atoms with Gasteiger partial charge in [-0.05, 0) is 31.5 Å². The Morgan fingerprint density at radius 3 is 2.46 bits per heavy atom. The van der Waals surface area contributed by atoms with Crippen molar-refractivity contribution in [2.24, 2.45) is 0 Å². The molecule has 0 radical (unpaired) electrons. The van der Waals surface area contributed by atoms with E-state index in [0.717, 1.165) is 39.3 Å². The first-order valence-corrected chi connectivity index (χ1v) is 8.43. The predicted octanol–water partition coefficient (Wildman–Crippen LogP) is 3.75. The monoisotopic (exact) mass is 340 g/mol. The fraction of sp³-hybridized carbons (Fsp3) is 0.100. The Labute approximate surface area is 149 Å². The lowest BCUT2D eigenvalue weighted by molar-refractivity contribution is 0.893. The van der Waals surface area contributed by atoms with Gasteiger partial charge >= 0.3 is 0 Å². The molecule has 3 heterocycles. The van der Waals surface area contributed by atoms with E-state index in [1.165, 1.54) is 5.56 Å². The molecule has 5 aromatic rings. The van der Waals surface area contributed by atoms with Gasteiger partial charge in [-0.1, -0.05) is 42.0 Å². The molecule has 0 aliphatic carbocycles. The van der Waals surface area contributed by atoms with E-state index >= 15 is 0 Å². The molecule has 0 saturated heterocycles. The van der Waals surface area contributed by atoms with Crippen molar-refractivity contribution < 1.29 is 0 Å². The maximum Gasteiger partial charge on any atom is 0.175 e.